The van der Waals surface area contributed by atoms with Crippen LogP contribution in [0.5, 0.6) is 0 Å². The Morgan fingerprint density at radius 3 is 2.17 bits per heavy atom. The second kappa shape index (κ2) is 8.79. The standard InChI is InChI=1S/C25H18F4.3H2/c1-3-5-19-14-15-21(25(29)24(19)28)18-9-6-16(7-10-18)8-11-20-13-12-17(4-2)22(26)23(20)27;;;/h6-15H,4H2,1-2H3;3*1H/b11-8+;;;. The quantitative estimate of drug-likeness (QED) is 0.239. The van der Waals surface area contributed by atoms with E-state index in [1.165, 1.54) is 24.3 Å². The molecule has 29 heavy (non-hydrogen) atoms. The summed E-state index contributed by atoms with van der Waals surface area (Å²) in [5.41, 5.74) is 1.82. The van der Waals surface area contributed by atoms with E-state index in [9.17, 15) is 17.6 Å². The summed E-state index contributed by atoms with van der Waals surface area (Å²) in [6.45, 7) is 3.31. The van der Waals surface area contributed by atoms with E-state index in [1.807, 2.05) is 0 Å². The van der Waals surface area contributed by atoms with E-state index >= 15 is 0 Å². The van der Waals surface area contributed by atoms with E-state index in [2.05, 4.69) is 11.8 Å². The molecule has 0 radical (unpaired) electrons. The van der Waals surface area contributed by atoms with Crippen molar-refractivity contribution in [2.24, 2.45) is 0 Å². The Balaban J connectivity index is 0.00000320. The molecule has 0 unspecified atom stereocenters. The van der Waals surface area contributed by atoms with Crippen LogP contribution in [0, 0.1) is 35.1 Å². The van der Waals surface area contributed by atoms with Gasteiger partial charge >= 0.3 is 0 Å². The molecule has 0 bridgehead atoms. The lowest BCUT2D eigenvalue weighted by molar-refractivity contribution is 0.498. The molecule has 0 aliphatic rings. The van der Waals surface area contributed by atoms with Gasteiger partial charge in [-0.05, 0) is 42.2 Å². The Morgan fingerprint density at radius 2 is 1.52 bits per heavy atom. The monoisotopic (exact) mass is 400 g/mol. The van der Waals surface area contributed by atoms with Gasteiger partial charge in [0.15, 0.2) is 23.3 Å². The largest absolute Gasteiger partial charge is 0.203 e. The zero-order valence-corrected chi connectivity index (χ0v) is 16.0. The fraction of sp³-hybridized carbons (Fsp3) is 0.120. The molecular formula is C25H24F4. The lowest BCUT2D eigenvalue weighted by Crippen LogP contribution is -1.95. The van der Waals surface area contributed by atoms with Gasteiger partial charge < -0.3 is 0 Å². The highest BCUT2D eigenvalue weighted by Gasteiger charge is 2.14. The highest BCUT2D eigenvalue weighted by atomic mass is 19.2. The predicted octanol–water partition coefficient (Wildman–Crippen LogP) is 7.75. The van der Waals surface area contributed by atoms with Crippen LogP contribution < -0.4 is 0 Å². The maximum absolute atomic E-state index is 14.4. The summed E-state index contributed by atoms with van der Waals surface area (Å²) in [5.74, 6) is 1.41. The van der Waals surface area contributed by atoms with E-state index in [4.69, 9.17) is 0 Å². The summed E-state index contributed by atoms with van der Waals surface area (Å²) in [4.78, 5) is 0. The maximum atomic E-state index is 14.4. The second-order valence-corrected chi connectivity index (χ2v) is 6.41. The number of hydrogen-bond acceptors (Lipinski definition) is 0. The van der Waals surface area contributed by atoms with Crippen molar-refractivity contribution in [3.8, 4) is 23.0 Å². The van der Waals surface area contributed by atoms with Gasteiger partial charge in [-0.25, -0.2) is 17.6 Å². The van der Waals surface area contributed by atoms with Gasteiger partial charge in [0, 0.05) is 15.4 Å². The van der Waals surface area contributed by atoms with Crippen LogP contribution >= 0.6 is 0 Å². The summed E-state index contributed by atoms with van der Waals surface area (Å²) in [6, 6.07) is 12.7. The molecule has 0 amide bonds. The van der Waals surface area contributed by atoms with E-state index in [-0.39, 0.29) is 21.0 Å². The Bertz CT molecular complexity index is 1140. The number of benzene rings is 3. The molecule has 0 aliphatic carbocycles. The maximum Gasteiger partial charge on any atom is 0.175 e. The first kappa shape index (κ1) is 20.4. The minimum absolute atomic E-state index is 0. The average Bonchev–Trinajstić information content (AvgIpc) is 2.73. The van der Waals surface area contributed by atoms with Gasteiger partial charge in [0.25, 0.3) is 0 Å². The molecule has 4 heteroatoms. The number of hydrogen-bond donors (Lipinski definition) is 0. The van der Waals surface area contributed by atoms with E-state index in [0.29, 0.717) is 23.1 Å². The van der Waals surface area contributed by atoms with Gasteiger partial charge in [-0.15, -0.1) is 5.92 Å². The lowest BCUT2D eigenvalue weighted by atomic mass is 10.0. The van der Waals surface area contributed by atoms with Gasteiger partial charge in [0.1, 0.15) is 0 Å². The molecule has 0 aliphatic heterocycles. The van der Waals surface area contributed by atoms with Crippen LogP contribution in [0.3, 0.4) is 0 Å². The summed E-state index contributed by atoms with van der Waals surface area (Å²) in [5, 5.41) is 0. The first-order valence-electron chi connectivity index (χ1n) is 9.12. The van der Waals surface area contributed by atoms with Crippen LogP contribution in [0.25, 0.3) is 23.3 Å². The first-order chi connectivity index (χ1) is 14.0. The molecule has 0 spiro atoms. The summed E-state index contributed by atoms with van der Waals surface area (Å²) >= 11 is 0. The topological polar surface area (TPSA) is 0 Å². The predicted molar refractivity (Wildman–Crippen MR) is 115 cm³/mol. The van der Waals surface area contributed by atoms with E-state index < -0.39 is 23.3 Å². The van der Waals surface area contributed by atoms with Crippen molar-refractivity contribution >= 4 is 12.2 Å². The molecule has 0 fully saturated rings. The molecule has 0 aromatic heterocycles. The van der Waals surface area contributed by atoms with Gasteiger partial charge in [0.05, 0.1) is 5.56 Å². The molecule has 0 atom stereocenters. The zero-order chi connectivity index (χ0) is 21.0. The average molecular weight is 400 g/mol. The van der Waals surface area contributed by atoms with Crippen molar-refractivity contribution in [3.63, 3.8) is 0 Å². The fourth-order valence-corrected chi connectivity index (χ4v) is 2.97. The molecule has 0 saturated heterocycles. The molecule has 0 saturated carbocycles. The Hall–Kier alpha value is -3.32. The first-order valence-corrected chi connectivity index (χ1v) is 9.12. The van der Waals surface area contributed by atoms with Crippen LogP contribution in [0.4, 0.5) is 17.6 Å². The number of aryl methyl sites for hydroxylation is 1. The molecule has 0 N–H and O–H groups in total. The highest BCUT2D eigenvalue weighted by molar-refractivity contribution is 5.73. The lowest BCUT2D eigenvalue weighted by Gasteiger charge is -2.07. The van der Waals surface area contributed by atoms with Crippen molar-refractivity contribution in [2.75, 3.05) is 0 Å². The Labute approximate surface area is 172 Å². The molecule has 0 nitrogen and oxygen atoms in total. The summed E-state index contributed by atoms with van der Waals surface area (Å²) < 4.78 is 56.4. The third kappa shape index (κ3) is 4.25. The van der Waals surface area contributed by atoms with Crippen LogP contribution in [0.15, 0.2) is 48.5 Å². The smallest absolute Gasteiger partial charge is 0.175 e. The third-order valence-electron chi connectivity index (χ3n) is 4.59. The Morgan fingerprint density at radius 1 is 0.793 bits per heavy atom. The minimum Gasteiger partial charge on any atom is -0.203 e. The Kier molecular flexibility index (Phi) is 6.19. The number of rotatable bonds is 4. The van der Waals surface area contributed by atoms with Gasteiger partial charge in [-0.2, -0.15) is 0 Å². The van der Waals surface area contributed by atoms with E-state index in [1.54, 1.807) is 50.3 Å². The van der Waals surface area contributed by atoms with Crippen LogP contribution in [0.1, 0.15) is 40.4 Å². The van der Waals surface area contributed by atoms with Crippen LogP contribution in [-0.2, 0) is 6.42 Å². The normalized spacial score (nSPS) is 10.8. The highest BCUT2D eigenvalue weighted by Crippen LogP contribution is 2.27. The van der Waals surface area contributed by atoms with Crippen LogP contribution in [0.2, 0.25) is 0 Å². The SMILES string of the molecule is CC#Cc1ccc(-c2ccc(/C=C/c3ccc(CC)c(F)c3F)cc2)c(F)c1F.[HH].[HH].[HH]. The molecule has 152 valence electrons. The molecule has 3 rings (SSSR count). The summed E-state index contributed by atoms with van der Waals surface area (Å²) in [7, 11) is 0. The van der Waals surface area contributed by atoms with Crippen molar-refractivity contribution in [1.82, 2.24) is 0 Å². The molecular weight excluding hydrogens is 376 g/mol. The van der Waals surface area contributed by atoms with Crippen molar-refractivity contribution < 1.29 is 21.8 Å². The summed E-state index contributed by atoms with van der Waals surface area (Å²) in [6.07, 6.45) is 3.52. The van der Waals surface area contributed by atoms with Crippen molar-refractivity contribution in [2.45, 2.75) is 20.3 Å². The number of halogens is 4. The molecule has 0 heterocycles. The van der Waals surface area contributed by atoms with Crippen molar-refractivity contribution in [3.05, 3.63) is 94.1 Å². The molecule has 3 aromatic carbocycles. The van der Waals surface area contributed by atoms with Crippen LogP contribution in [-0.4, -0.2) is 0 Å². The van der Waals surface area contributed by atoms with Gasteiger partial charge in [-0.1, -0.05) is 61.4 Å². The third-order valence-corrected chi connectivity index (χ3v) is 4.59. The van der Waals surface area contributed by atoms with Gasteiger partial charge in [-0.3, -0.25) is 0 Å². The van der Waals surface area contributed by atoms with E-state index in [0.717, 1.165) is 0 Å². The molecule has 3 aromatic rings. The zero-order valence-electron chi connectivity index (χ0n) is 16.0. The second-order valence-electron chi connectivity index (χ2n) is 6.41. The van der Waals surface area contributed by atoms with Gasteiger partial charge in [0.2, 0.25) is 0 Å². The fourth-order valence-electron chi connectivity index (χ4n) is 2.97. The minimum atomic E-state index is -0.978. The van der Waals surface area contributed by atoms with Crippen molar-refractivity contribution in [1.29, 1.82) is 0 Å².